The standard InChI is InChI=1S/C16H27N5O3/c1-23-6-4-17-16(22)15-10-20-5-3-12(15)7-14(20)9-21-8-13(11-24-2)18-19-21/h8,12,14-15H,3-7,9-11H2,1-2H3,(H,17,22)/p+1/t12-,14-,15+/m1/s1. The van der Waals surface area contributed by atoms with Crippen molar-refractivity contribution >= 4 is 5.91 Å². The van der Waals surface area contributed by atoms with Crippen LogP contribution in [0.2, 0.25) is 0 Å². The Labute approximate surface area is 142 Å². The van der Waals surface area contributed by atoms with Crippen LogP contribution in [0.1, 0.15) is 18.5 Å². The van der Waals surface area contributed by atoms with Gasteiger partial charge in [-0.05, 0) is 5.92 Å². The van der Waals surface area contributed by atoms with Gasteiger partial charge in [0, 0.05) is 33.6 Å². The Hall–Kier alpha value is -1.51. The maximum atomic E-state index is 12.4. The first-order valence-electron chi connectivity index (χ1n) is 8.70. The van der Waals surface area contributed by atoms with Crippen LogP contribution in [0.25, 0.3) is 0 Å². The number of methoxy groups -OCH3 is 2. The van der Waals surface area contributed by atoms with Crippen LogP contribution in [0.15, 0.2) is 6.20 Å². The van der Waals surface area contributed by atoms with Crippen molar-refractivity contribution in [1.29, 1.82) is 0 Å². The summed E-state index contributed by atoms with van der Waals surface area (Å²) in [6.07, 6.45) is 4.18. The second kappa shape index (κ2) is 8.04. The van der Waals surface area contributed by atoms with Gasteiger partial charge in [-0.15, -0.1) is 5.10 Å². The molecule has 24 heavy (non-hydrogen) atoms. The van der Waals surface area contributed by atoms with Gasteiger partial charge in [0.25, 0.3) is 0 Å². The zero-order chi connectivity index (χ0) is 16.9. The molecule has 8 nitrogen and oxygen atoms in total. The molecule has 4 rings (SSSR count). The van der Waals surface area contributed by atoms with E-state index in [1.165, 1.54) is 4.90 Å². The molecule has 2 N–H and O–H groups in total. The van der Waals surface area contributed by atoms with Crippen LogP contribution in [-0.2, 0) is 27.4 Å². The average molecular weight is 338 g/mol. The van der Waals surface area contributed by atoms with E-state index >= 15 is 0 Å². The highest BCUT2D eigenvalue weighted by Crippen LogP contribution is 2.27. The van der Waals surface area contributed by atoms with E-state index < -0.39 is 0 Å². The molecule has 1 unspecified atom stereocenters. The number of quaternary nitrogens is 1. The summed E-state index contributed by atoms with van der Waals surface area (Å²) in [6, 6.07) is 0.517. The number of ether oxygens (including phenoxy) is 2. The number of hydrogen-bond acceptors (Lipinski definition) is 5. The SMILES string of the molecule is COCCNC(=O)[C@H]1C[NH+]2CC[C@@H]1C[C@@H]2Cn1cc(COC)nn1. The van der Waals surface area contributed by atoms with E-state index in [4.69, 9.17) is 9.47 Å². The maximum absolute atomic E-state index is 12.4. The Morgan fingerprint density at radius 2 is 2.33 bits per heavy atom. The lowest BCUT2D eigenvalue weighted by Gasteiger charge is -2.46. The Bertz CT molecular complexity index is 550. The highest BCUT2D eigenvalue weighted by atomic mass is 16.5. The van der Waals surface area contributed by atoms with E-state index in [0.29, 0.717) is 31.7 Å². The van der Waals surface area contributed by atoms with Crippen LogP contribution < -0.4 is 10.2 Å². The minimum atomic E-state index is 0.140. The number of fused-ring (bicyclic) bond motifs is 3. The van der Waals surface area contributed by atoms with Gasteiger partial charge in [-0.1, -0.05) is 5.21 Å². The Kier molecular flexibility index (Phi) is 5.80. The number of nitrogens with zero attached hydrogens (tertiary/aromatic N) is 3. The quantitative estimate of drug-likeness (QED) is 0.563. The number of hydrogen-bond donors (Lipinski definition) is 2. The number of rotatable bonds is 8. The number of carbonyl (C=O) groups is 1. The van der Waals surface area contributed by atoms with Gasteiger partial charge < -0.3 is 19.7 Å². The third kappa shape index (κ3) is 3.93. The summed E-state index contributed by atoms with van der Waals surface area (Å²) in [4.78, 5) is 13.9. The van der Waals surface area contributed by atoms with Gasteiger partial charge in [-0.2, -0.15) is 0 Å². The van der Waals surface area contributed by atoms with Crippen molar-refractivity contribution in [2.45, 2.75) is 32.0 Å². The number of piperidine rings is 3. The third-order valence-electron chi connectivity index (χ3n) is 5.28. The smallest absolute Gasteiger partial charge is 0.229 e. The number of amides is 1. The zero-order valence-corrected chi connectivity index (χ0v) is 14.5. The predicted octanol–water partition coefficient (Wildman–Crippen LogP) is -1.52. The molecule has 2 bridgehead atoms. The molecule has 3 aliphatic rings. The molecule has 0 radical (unpaired) electrons. The number of carbonyl (C=O) groups excluding carboxylic acids is 1. The van der Waals surface area contributed by atoms with Crippen molar-refractivity contribution in [1.82, 2.24) is 20.3 Å². The monoisotopic (exact) mass is 338 g/mol. The molecule has 0 aliphatic carbocycles. The molecular formula is C16H28N5O3+. The Morgan fingerprint density at radius 1 is 1.46 bits per heavy atom. The van der Waals surface area contributed by atoms with Gasteiger partial charge in [0.2, 0.25) is 5.91 Å². The molecular weight excluding hydrogens is 310 g/mol. The van der Waals surface area contributed by atoms with Gasteiger partial charge in [-0.3, -0.25) is 4.79 Å². The predicted molar refractivity (Wildman–Crippen MR) is 86.3 cm³/mol. The maximum Gasteiger partial charge on any atom is 0.229 e. The lowest BCUT2D eigenvalue weighted by atomic mass is 9.75. The van der Waals surface area contributed by atoms with Gasteiger partial charge in [0.1, 0.15) is 11.7 Å². The topological polar surface area (TPSA) is 82.7 Å². The van der Waals surface area contributed by atoms with Gasteiger partial charge >= 0.3 is 0 Å². The highest BCUT2D eigenvalue weighted by Gasteiger charge is 2.46. The molecule has 1 aromatic heterocycles. The first-order valence-corrected chi connectivity index (χ1v) is 8.70. The second-order valence-corrected chi connectivity index (χ2v) is 6.85. The van der Waals surface area contributed by atoms with Crippen LogP contribution in [0.4, 0.5) is 0 Å². The van der Waals surface area contributed by atoms with Crippen molar-refractivity contribution in [2.75, 3.05) is 40.5 Å². The lowest BCUT2D eigenvalue weighted by molar-refractivity contribution is -0.945. The van der Waals surface area contributed by atoms with Crippen LogP contribution in [0.3, 0.4) is 0 Å². The minimum absolute atomic E-state index is 0.140. The van der Waals surface area contributed by atoms with Gasteiger partial charge in [0.05, 0.1) is 45.0 Å². The Morgan fingerprint density at radius 3 is 3.04 bits per heavy atom. The van der Waals surface area contributed by atoms with E-state index in [9.17, 15) is 4.79 Å². The summed E-state index contributed by atoms with van der Waals surface area (Å²) in [5.41, 5.74) is 0.860. The molecule has 1 aromatic rings. The number of nitrogens with one attached hydrogen (secondary N) is 2. The summed E-state index contributed by atoms with van der Waals surface area (Å²) >= 11 is 0. The fourth-order valence-corrected chi connectivity index (χ4v) is 4.09. The summed E-state index contributed by atoms with van der Waals surface area (Å²) in [5.74, 6) is 0.814. The normalized spacial score (nSPS) is 28.9. The highest BCUT2D eigenvalue weighted by molar-refractivity contribution is 5.79. The average Bonchev–Trinajstić information content (AvgIpc) is 3.03. The summed E-state index contributed by atoms with van der Waals surface area (Å²) in [7, 11) is 3.31. The largest absolute Gasteiger partial charge is 0.383 e. The van der Waals surface area contributed by atoms with E-state index in [1.807, 2.05) is 10.9 Å². The van der Waals surface area contributed by atoms with Crippen molar-refractivity contribution in [3.8, 4) is 0 Å². The van der Waals surface area contributed by atoms with E-state index in [2.05, 4.69) is 15.6 Å². The second-order valence-electron chi connectivity index (χ2n) is 6.85. The molecule has 0 aromatic carbocycles. The van der Waals surface area contributed by atoms with Gasteiger partial charge in [-0.25, -0.2) is 4.68 Å². The summed E-state index contributed by atoms with van der Waals surface area (Å²) in [6.45, 7) is 4.59. The van der Waals surface area contributed by atoms with Crippen LogP contribution in [-0.4, -0.2) is 67.4 Å². The van der Waals surface area contributed by atoms with Crippen molar-refractivity contribution in [3.63, 3.8) is 0 Å². The van der Waals surface area contributed by atoms with Crippen LogP contribution in [0, 0.1) is 11.8 Å². The van der Waals surface area contributed by atoms with Crippen molar-refractivity contribution in [2.24, 2.45) is 11.8 Å². The van der Waals surface area contributed by atoms with E-state index in [0.717, 1.165) is 38.2 Å². The lowest BCUT2D eigenvalue weighted by Crippen LogP contribution is -3.20. The molecule has 3 fully saturated rings. The fourth-order valence-electron chi connectivity index (χ4n) is 4.09. The number of aromatic nitrogens is 3. The zero-order valence-electron chi connectivity index (χ0n) is 14.5. The van der Waals surface area contributed by atoms with E-state index in [1.54, 1.807) is 14.2 Å². The molecule has 1 amide bonds. The molecule has 8 heteroatoms. The molecule has 3 saturated heterocycles. The van der Waals surface area contributed by atoms with Crippen LogP contribution in [0.5, 0.6) is 0 Å². The van der Waals surface area contributed by atoms with Crippen molar-refractivity contribution < 1.29 is 19.2 Å². The Balaban J connectivity index is 1.54. The molecule has 4 atom stereocenters. The minimum Gasteiger partial charge on any atom is -0.383 e. The fraction of sp³-hybridized carbons (Fsp3) is 0.812. The van der Waals surface area contributed by atoms with Gasteiger partial charge in [0.15, 0.2) is 0 Å². The molecule has 3 aliphatic heterocycles. The third-order valence-corrected chi connectivity index (χ3v) is 5.28. The van der Waals surface area contributed by atoms with E-state index in [-0.39, 0.29) is 11.8 Å². The molecule has 0 saturated carbocycles. The van der Waals surface area contributed by atoms with Crippen molar-refractivity contribution in [3.05, 3.63) is 11.9 Å². The molecule has 0 spiro atoms. The summed E-state index contributed by atoms with van der Waals surface area (Å²) < 4.78 is 12.0. The first kappa shape index (κ1) is 17.3. The molecule has 4 heterocycles. The van der Waals surface area contributed by atoms with Crippen LogP contribution >= 0.6 is 0 Å². The summed E-state index contributed by atoms with van der Waals surface area (Å²) in [5, 5.41) is 11.3. The first-order chi connectivity index (χ1) is 11.7. The molecule has 134 valence electrons.